The van der Waals surface area contributed by atoms with Crippen LogP contribution in [0.15, 0.2) is 35.0 Å². The zero-order valence-corrected chi connectivity index (χ0v) is 13.5. The molecular weight excluding hydrogens is 320 g/mol. The molecular formula is C15H16N2O3S2. The van der Waals surface area contributed by atoms with Crippen LogP contribution in [0.5, 0.6) is 0 Å². The Balaban J connectivity index is 1.72. The van der Waals surface area contributed by atoms with E-state index in [1.807, 2.05) is 22.9 Å². The van der Waals surface area contributed by atoms with E-state index in [9.17, 15) is 14.7 Å². The van der Waals surface area contributed by atoms with E-state index in [4.69, 9.17) is 0 Å². The number of hydrogen-bond acceptors (Lipinski definition) is 5. The Morgan fingerprint density at radius 3 is 2.68 bits per heavy atom. The number of nitrogens with zero attached hydrogens (tertiary/aromatic N) is 2. The Morgan fingerprint density at radius 1 is 1.23 bits per heavy atom. The number of thiophene rings is 2. The maximum Gasteiger partial charge on any atom is 0.264 e. The summed E-state index contributed by atoms with van der Waals surface area (Å²) in [5.41, 5.74) is 0. The molecule has 0 saturated carbocycles. The van der Waals surface area contributed by atoms with Crippen LogP contribution in [-0.4, -0.2) is 52.5 Å². The Morgan fingerprint density at radius 2 is 2.00 bits per heavy atom. The highest BCUT2D eigenvalue weighted by molar-refractivity contribution is 7.12. The standard InChI is InChI=1S/C15H16N2O3S2/c18-11-7-16(9-12-3-1-5-21-12)14(19)10-17(8-11)15(20)13-4-2-6-22-13/h1-6,11,18H,7-10H2. The number of hydrogen-bond donors (Lipinski definition) is 1. The summed E-state index contributed by atoms with van der Waals surface area (Å²) in [6.07, 6.45) is -0.727. The summed E-state index contributed by atoms with van der Waals surface area (Å²) in [5.74, 6) is -0.324. The second kappa shape index (κ2) is 6.60. The van der Waals surface area contributed by atoms with Gasteiger partial charge in [-0.1, -0.05) is 12.1 Å². The first-order valence-corrected chi connectivity index (χ1v) is 8.70. The van der Waals surface area contributed by atoms with E-state index in [1.165, 1.54) is 16.2 Å². The number of amides is 2. The van der Waals surface area contributed by atoms with Crippen molar-refractivity contribution >= 4 is 34.5 Å². The molecule has 1 N–H and O–H groups in total. The van der Waals surface area contributed by atoms with Gasteiger partial charge in [-0.05, 0) is 22.9 Å². The fourth-order valence-corrected chi connectivity index (χ4v) is 3.86. The lowest BCUT2D eigenvalue weighted by Crippen LogP contribution is -2.39. The fraction of sp³-hybridized carbons (Fsp3) is 0.333. The number of carbonyl (C=O) groups is 2. The van der Waals surface area contributed by atoms with Crippen LogP contribution in [-0.2, 0) is 11.3 Å². The third-order valence-corrected chi connectivity index (χ3v) is 5.21. The minimum atomic E-state index is -0.727. The van der Waals surface area contributed by atoms with Crippen LogP contribution in [0.2, 0.25) is 0 Å². The summed E-state index contributed by atoms with van der Waals surface area (Å²) in [7, 11) is 0. The molecule has 2 aromatic rings. The lowest BCUT2D eigenvalue weighted by Gasteiger charge is -2.21. The highest BCUT2D eigenvalue weighted by Gasteiger charge is 2.30. The maximum absolute atomic E-state index is 12.4. The summed E-state index contributed by atoms with van der Waals surface area (Å²) in [6, 6.07) is 7.43. The van der Waals surface area contributed by atoms with E-state index >= 15 is 0 Å². The number of aliphatic hydroxyl groups is 1. The predicted octanol–water partition coefficient (Wildman–Crippen LogP) is 1.66. The summed E-state index contributed by atoms with van der Waals surface area (Å²) < 4.78 is 0. The van der Waals surface area contributed by atoms with Gasteiger partial charge < -0.3 is 14.9 Å². The van der Waals surface area contributed by atoms with Crippen molar-refractivity contribution in [1.82, 2.24) is 9.80 Å². The highest BCUT2D eigenvalue weighted by Crippen LogP contribution is 2.17. The molecule has 1 saturated heterocycles. The lowest BCUT2D eigenvalue weighted by atomic mass is 10.3. The van der Waals surface area contributed by atoms with E-state index in [2.05, 4.69) is 0 Å². The molecule has 0 spiro atoms. The Bertz CT molecular complexity index is 640. The molecule has 22 heavy (non-hydrogen) atoms. The molecule has 1 aliphatic heterocycles. The van der Waals surface area contributed by atoms with Crippen molar-refractivity contribution in [2.75, 3.05) is 19.6 Å². The summed E-state index contributed by atoms with van der Waals surface area (Å²) in [5, 5.41) is 13.9. The minimum absolute atomic E-state index is 0.0131. The Labute approximate surface area is 136 Å². The molecule has 1 fully saturated rings. The van der Waals surface area contributed by atoms with Crippen LogP contribution in [0.4, 0.5) is 0 Å². The van der Waals surface area contributed by atoms with E-state index in [1.54, 1.807) is 28.4 Å². The van der Waals surface area contributed by atoms with Crippen LogP contribution in [0.1, 0.15) is 14.5 Å². The smallest absolute Gasteiger partial charge is 0.264 e. The molecule has 0 aliphatic carbocycles. The van der Waals surface area contributed by atoms with Crippen molar-refractivity contribution in [2.24, 2.45) is 0 Å². The van der Waals surface area contributed by atoms with Gasteiger partial charge in [0.05, 0.1) is 17.5 Å². The van der Waals surface area contributed by atoms with Gasteiger partial charge in [0, 0.05) is 18.0 Å². The van der Waals surface area contributed by atoms with Gasteiger partial charge in [0.25, 0.3) is 5.91 Å². The molecule has 1 atom stereocenters. The first-order chi connectivity index (χ1) is 10.6. The van der Waals surface area contributed by atoms with Gasteiger partial charge in [0.2, 0.25) is 5.91 Å². The zero-order valence-electron chi connectivity index (χ0n) is 11.8. The lowest BCUT2D eigenvalue weighted by molar-refractivity contribution is -0.131. The zero-order chi connectivity index (χ0) is 15.5. The van der Waals surface area contributed by atoms with Crippen molar-refractivity contribution in [3.8, 4) is 0 Å². The van der Waals surface area contributed by atoms with E-state index in [0.29, 0.717) is 11.4 Å². The summed E-state index contributed by atoms with van der Waals surface area (Å²) in [6.45, 7) is 0.933. The predicted molar refractivity (Wildman–Crippen MR) is 86.0 cm³/mol. The van der Waals surface area contributed by atoms with Crippen LogP contribution >= 0.6 is 22.7 Å². The van der Waals surface area contributed by atoms with Crippen molar-refractivity contribution in [3.63, 3.8) is 0 Å². The second-order valence-corrected chi connectivity index (χ2v) is 7.15. The van der Waals surface area contributed by atoms with Crippen molar-refractivity contribution in [1.29, 1.82) is 0 Å². The fourth-order valence-electron chi connectivity index (χ4n) is 2.45. The third-order valence-electron chi connectivity index (χ3n) is 3.49. The second-order valence-electron chi connectivity index (χ2n) is 5.17. The molecule has 1 unspecified atom stereocenters. The van der Waals surface area contributed by atoms with Gasteiger partial charge in [0.1, 0.15) is 6.54 Å². The molecule has 0 aromatic carbocycles. The average Bonchev–Trinajstić information content (AvgIpc) is 3.16. The number of β-amino-alcohol motifs (C(OH)–C–C–N with tert-alkyl or cyclic N) is 1. The number of aliphatic hydroxyl groups excluding tert-OH is 1. The molecule has 0 bridgehead atoms. The van der Waals surface area contributed by atoms with Gasteiger partial charge in [-0.25, -0.2) is 0 Å². The van der Waals surface area contributed by atoms with Crippen LogP contribution in [0.25, 0.3) is 0 Å². The molecule has 1 aliphatic rings. The minimum Gasteiger partial charge on any atom is -0.389 e. The largest absolute Gasteiger partial charge is 0.389 e. The van der Waals surface area contributed by atoms with Crippen LogP contribution in [0.3, 0.4) is 0 Å². The maximum atomic E-state index is 12.4. The molecule has 3 heterocycles. The van der Waals surface area contributed by atoms with Crippen molar-refractivity contribution < 1.29 is 14.7 Å². The van der Waals surface area contributed by atoms with Gasteiger partial charge in [-0.15, -0.1) is 22.7 Å². The molecule has 0 radical (unpaired) electrons. The first kappa shape index (κ1) is 15.2. The summed E-state index contributed by atoms with van der Waals surface area (Å²) >= 11 is 2.92. The van der Waals surface area contributed by atoms with Crippen molar-refractivity contribution in [3.05, 3.63) is 44.8 Å². The van der Waals surface area contributed by atoms with Gasteiger partial charge in [0.15, 0.2) is 0 Å². The van der Waals surface area contributed by atoms with Crippen LogP contribution in [0, 0.1) is 0 Å². The average molecular weight is 336 g/mol. The van der Waals surface area contributed by atoms with Crippen molar-refractivity contribution in [2.45, 2.75) is 12.6 Å². The molecule has 2 amide bonds. The SMILES string of the molecule is O=C1CN(C(=O)c2cccs2)CC(O)CN1Cc1cccs1. The number of rotatable bonds is 3. The third kappa shape index (κ3) is 3.37. The monoisotopic (exact) mass is 336 g/mol. The van der Waals surface area contributed by atoms with Crippen LogP contribution < -0.4 is 0 Å². The van der Waals surface area contributed by atoms with Gasteiger partial charge >= 0.3 is 0 Å². The normalized spacial score (nSPS) is 19.3. The highest BCUT2D eigenvalue weighted by atomic mass is 32.1. The first-order valence-electron chi connectivity index (χ1n) is 6.94. The topological polar surface area (TPSA) is 60.9 Å². The van der Waals surface area contributed by atoms with Gasteiger partial charge in [-0.3, -0.25) is 9.59 Å². The van der Waals surface area contributed by atoms with E-state index in [0.717, 1.165) is 4.88 Å². The molecule has 2 aromatic heterocycles. The molecule has 7 heteroatoms. The van der Waals surface area contributed by atoms with Gasteiger partial charge in [-0.2, -0.15) is 0 Å². The van der Waals surface area contributed by atoms with E-state index in [-0.39, 0.29) is 31.4 Å². The summed E-state index contributed by atoms with van der Waals surface area (Å²) in [4.78, 5) is 29.5. The Kier molecular flexibility index (Phi) is 4.56. The Hall–Kier alpha value is -1.70. The molecule has 5 nitrogen and oxygen atoms in total. The van der Waals surface area contributed by atoms with E-state index < -0.39 is 6.10 Å². The molecule has 3 rings (SSSR count). The number of carbonyl (C=O) groups excluding carboxylic acids is 2. The molecule has 116 valence electrons. The quantitative estimate of drug-likeness (QED) is 0.927.